The first-order chi connectivity index (χ1) is 10.2. The molecule has 0 saturated carbocycles. The minimum Gasteiger partial charge on any atom is -0.339 e. The summed E-state index contributed by atoms with van der Waals surface area (Å²) in [4.78, 5) is 24.8. The molecule has 1 unspecified atom stereocenters. The van der Waals surface area contributed by atoms with Crippen molar-refractivity contribution in [1.29, 1.82) is 0 Å². The molecule has 1 atom stereocenters. The highest BCUT2D eigenvalue weighted by atomic mass is 16.2. The molecule has 1 aromatic heterocycles. The van der Waals surface area contributed by atoms with Crippen molar-refractivity contribution < 1.29 is 4.79 Å². The van der Waals surface area contributed by atoms with Gasteiger partial charge >= 0.3 is 0 Å². The summed E-state index contributed by atoms with van der Waals surface area (Å²) in [6.45, 7) is 5.96. The van der Waals surface area contributed by atoms with Crippen LogP contribution in [-0.4, -0.2) is 53.5 Å². The van der Waals surface area contributed by atoms with Crippen LogP contribution in [0.5, 0.6) is 0 Å². The number of nitrogens with zero attached hydrogens (tertiary/aromatic N) is 4. The molecule has 21 heavy (non-hydrogen) atoms. The molecule has 2 heterocycles. The Morgan fingerprint density at radius 2 is 1.90 bits per heavy atom. The third-order valence-electron chi connectivity index (χ3n) is 3.98. The predicted octanol–water partition coefficient (Wildman–Crippen LogP) is 0.890. The molecule has 1 amide bonds. The summed E-state index contributed by atoms with van der Waals surface area (Å²) in [6.07, 6.45) is 6.05. The maximum Gasteiger partial charge on any atom is 0.225 e. The van der Waals surface area contributed by atoms with Crippen LogP contribution in [0.1, 0.15) is 26.2 Å². The van der Waals surface area contributed by atoms with E-state index in [-0.39, 0.29) is 5.91 Å². The van der Waals surface area contributed by atoms with Crippen LogP contribution in [0.25, 0.3) is 0 Å². The molecule has 2 rings (SSSR count). The van der Waals surface area contributed by atoms with Gasteiger partial charge < -0.3 is 15.5 Å². The van der Waals surface area contributed by atoms with Gasteiger partial charge in [-0.05, 0) is 31.4 Å². The highest BCUT2D eigenvalue weighted by Crippen LogP contribution is 2.14. The van der Waals surface area contributed by atoms with Gasteiger partial charge in [0.15, 0.2) is 0 Å². The van der Waals surface area contributed by atoms with Crippen LogP contribution in [0.4, 0.5) is 5.95 Å². The molecular formula is C15H25N5O. The molecule has 2 N–H and O–H groups in total. The molecule has 0 aromatic carbocycles. The maximum atomic E-state index is 12.2. The van der Waals surface area contributed by atoms with Crippen molar-refractivity contribution in [2.45, 2.75) is 26.2 Å². The lowest BCUT2D eigenvalue weighted by Gasteiger charge is -2.34. The Morgan fingerprint density at radius 3 is 2.52 bits per heavy atom. The Kier molecular flexibility index (Phi) is 5.92. The highest BCUT2D eigenvalue weighted by Gasteiger charge is 2.22. The number of piperazine rings is 1. The summed E-state index contributed by atoms with van der Waals surface area (Å²) in [6, 6.07) is 1.81. The fraction of sp³-hybridized carbons (Fsp3) is 0.667. The number of aromatic nitrogens is 2. The number of amides is 1. The number of anilines is 1. The minimum atomic E-state index is 0.257. The molecule has 6 heteroatoms. The van der Waals surface area contributed by atoms with E-state index in [0.717, 1.165) is 45.0 Å². The molecular weight excluding hydrogens is 266 g/mol. The van der Waals surface area contributed by atoms with E-state index in [9.17, 15) is 4.79 Å². The second-order valence-electron chi connectivity index (χ2n) is 5.64. The van der Waals surface area contributed by atoms with Gasteiger partial charge in [-0.25, -0.2) is 9.97 Å². The fourth-order valence-corrected chi connectivity index (χ4v) is 2.57. The number of carbonyl (C=O) groups is 1. The van der Waals surface area contributed by atoms with Gasteiger partial charge in [-0.2, -0.15) is 0 Å². The Balaban J connectivity index is 1.74. The summed E-state index contributed by atoms with van der Waals surface area (Å²) < 4.78 is 0. The molecule has 116 valence electrons. The molecule has 1 fully saturated rings. The lowest BCUT2D eigenvalue weighted by molar-refractivity contribution is -0.131. The van der Waals surface area contributed by atoms with E-state index in [4.69, 9.17) is 5.73 Å². The SMILES string of the molecule is CC(CCN)CCC(=O)N1CCN(c2ncccn2)CC1. The molecule has 0 aliphatic carbocycles. The number of carbonyl (C=O) groups excluding carboxylic acids is 1. The number of hydrogen-bond donors (Lipinski definition) is 1. The quantitative estimate of drug-likeness (QED) is 0.842. The average molecular weight is 291 g/mol. The standard InChI is InChI=1S/C15H25N5O/c1-13(5-6-16)3-4-14(21)19-9-11-20(12-10-19)15-17-7-2-8-18-15/h2,7-8,13H,3-6,9-12,16H2,1H3. The van der Waals surface area contributed by atoms with E-state index in [1.165, 1.54) is 0 Å². The van der Waals surface area contributed by atoms with E-state index in [0.29, 0.717) is 18.9 Å². The van der Waals surface area contributed by atoms with Crippen molar-refractivity contribution in [2.75, 3.05) is 37.6 Å². The normalized spacial score (nSPS) is 16.9. The van der Waals surface area contributed by atoms with E-state index < -0.39 is 0 Å². The van der Waals surface area contributed by atoms with Crippen LogP contribution in [-0.2, 0) is 4.79 Å². The Bertz CT molecular complexity index is 431. The lowest BCUT2D eigenvalue weighted by atomic mass is 10.0. The Morgan fingerprint density at radius 1 is 1.24 bits per heavy atom. The topological polar surface area (TPSA) is 75.4 Å². The summed E-state index contributed by atoms with van der Waals surface area (Å²) in [5.74, 6) is 1.53. The third kappa shape index (κ3) is 4.67. The van der Waals surface area contributed by atoms with Gasteiger partial charge in [0.25, 0.3) is 0 Å². The predicted molar refractivity (Wildman–Crippen MR) is 82.9 cm³/mol. The molecule has 1 aromatic rings. The lowest BCUT2D eigenvalue weighted by Crippen LogP contribution is -2.49. The van der Waals surface area contributed by atoms with Crippen molar-refractivity contribution >= 4 is 11.9 Å². The van der Waals surface area contributed by atoms with Crippen LogP contribution < -0.4 is 10.6 Å². The van der Waals surface area contributed by atoms with Gasteiger partial charge in [-0.1, -0.05) is 6.92 Å². The third-order valence-corrected chi connectivity index (χ3v) is 3.98. The van der Waals surface area contributed by atoms with Gasteiger partial charge in [0.05, 0.1) is 0 Å². The minimum absolute atomic E-state index is 0.257. The molecule has 1 aliphatic heterocycles. The van der Waals surface area contributed by atoms with Gasteiger partial charge in [0.2, 0.25) is 11.9 Å². The molecule has 6 nitrogen and oxygen atoms in total. The van der Waals surface area contributed by atoms with Gasteiger partial charge in [0, 0.05) is 45.0 Å². The van der Waals surface area contributed by atoms with Crippen LogP contribution in [0.15, 0.2) is 18.5 Å². The van der Waals surface area contributed by atoms with E-state index in [1.807, 2.05) is 11.0 Å². The summed E-state index contributed by atoms with van der Waals surface area (Å²) >= 11 is 0. The zero-order valence-electron chi connectivity index (χ0n) is 12.7. The van der Waals surface area contributed by atoms with Crippen LogP contribution in [0, 0.1) is 5.92 Å². The summed E-state index contributed by atoms with van der Waals surface area (Å²) in [5, 5.41) is 0. The number of hydrogen-bond acceptors (Lipinski definition) is 5. The second kappa shape index (κ2) is 7.93. The zero-order valence-corrected chi connectivity index (χ0v) is 12.7. The van der Waals surface area contributed by atoms with Gasteiger partial charge in [0.1, 0.15) is 0 Å². The monoisotopic (exact) mass is 291 g/mol. The molecule has 0 radical (unpaired) electrons. The Labute approximate surface area is 126 Å². The van der Waals surface area contributed by atoms with Gasteiger partial charge in [-0.15, -0.1) is 0 Å². The van der Waals surface area contributed by atoms with Crippen molar-refractivity contribution in [3.63, 3.8) is 0 Å². The van der Waals surface area contributed by atoms with Gasteiger partial charge in [-0.3, -0.25) is 4.79 Å². The van der Waals surface area contributed by atoms with Crippen molar-refractivity contribution in [3.8, 4) is 0 Å². The maximum absolute atomic E-state index is 12.2. The highest BCUT2D eigenvalue weighted by molar-refractivity contribution is 5.76. The zero-order chi connectivity index (χ0) is 15.1. The molecule has 1 aliphatic rings. The molecule has 0 bridgehead atoms. The Hall–Kier alpha value is -1.69. The molecule has 1 saturated heterocycles. The van der Waals surface area contributed by atoms with Crippen LogP contribution in [0.2, 0.25) is 0 Å². The van der Waals surface area contributed by atoms with Crippen LogP contribution >= 0.6 is 0 Å². The smallest absolute Gasteiger partial charge is 0.225 e. The largest absolute Gasteiger partial charge is 0.339 e. The number of nitrogens with two attached hydrogens (primary N) is 1. The average Bonchev–Trinajstić information content (AvgIpc) is 2.54. The number of rotatable bonds is 6. The van der Waals surface area contributed by atoms with E-state index in [1.54, 1.807) is 12.4 Å². The summed E-state index contributed by atoms with van der Waals surface area (Å²) in [5.41, 5.74) is 5.54. The first-order valence-electron chi connectivity index (χ1n) is 7.70. The van der Waals surface area contributed by atoms with Crippen molar-refractivity contribution in [1.82, 2.24) is 14.9 Å². The van der Waals surface area contributed by atoms with E-state index >= 15 is 0 Å². The second-order valence-corrected chi connectivity index (χ2v) is 5.64. The first-order valence-corrected chi connectivity index (χ1v) is 7.70. The molecule has 0 spiro atoms. The first kappa shape index (κ1) is 15.7. The van der Waals surface area contributed by atoms with Crippen molar-refractivity contribution in [3.05, 3.63) is 18.5 Å². The fourth-order valence-electron chi connectivity index (χ4n) is 2.57. The van der Waals surface area contributed by atoms with Crippen molar-refractivity contribution in [2.24, 2.45) is 11.7 Å². The van der Waals surface area contributed by atoms with Crippen LogP contribution in [0.3, 0.4) is 0 Å². The van der Waals surface area contributed by atoms with E-state index in [2.05, 4.69) is 21.8 Å². The summed E-state index contributed by atoms with van der Waals surface area (Å²) in [7, 11) is 0.